The maximum atomic E-state index is 12.1. The van der Waals surface area contributed by atoms with Crippen molar-refractivity contribution < 1.29 is 19.2 Å². The maximum absolute atomic E-state index is 12.1. The quantitative estimate of drug-likeness (QED) is 0.678. The van der Waals surface area contributed by atoms with Crippen molar-refractivity contribution in [1.29, 1.82) is 5.26 Å². The molecule has 0 aliphatic carbocycles. The summed E-state index contributed by atoms with van der Waals surface area (Å²) in [6, 6.07) is 4.82. The lowest BCUT2D eigenvalue weighted by Gasteiger charge is -2.15. The summed E-state index contributed by atoms with van der Waals surface area (Å²) >= 11 is 0. The molecule has 108 valence electrons. The summed E-state index contributed by atoms with van der Waals surface area (Å²) in [5.41, 5.74) is 5.40. The van der Waals surface area contributed by atoms with E-state index in [2.05, 4.69) is 5.32 Å². The highest BCUT2D eigenvalue weighted by atomic mass is 16.2. The van der Waals surface area contributed by atoms with Crippen LogP contribution in [0.5, 0.6) is 0 Å². The van der Waals surface area contributed by atoms with E-state index in [1.165, 1.54) is 18.2 Å². The van der Waals surface area contributed by atoms with E-state index in [0.717, 1.165) is 0 Å². The molecule has 0 spiro atoms. The van der Waals surface area contributed by atoms with Crippen molar-refractivity contribution in [3.05, 3.63) is 34.9 Å². The second-order valence-electron chi connectivity index (χ2n) is 4.20. The third-order valence-corrected chi connectivity index (χ3v) is 2.78. The van der Waals surface area contributed by atoms with Gasteiger partial charge in [-0.25, -0.2) is 0 Å². The van der Waals surface area contributed by atoms with Gasteiger partial charge in [-0.2, -0.15) is 5.26 Å². The van der Waals surface area contributed by atoms with E-state index >= 15 is 0 Å². The molecule has 1 unspecified atom stereocenters. The smallest absolute Gasteiger partial charge is 0.252 e. The number of primary amides is 1. The standard InChI is InChI=1S/C14H13N3O4/c15-7-9-3-4-10(8-19)11(6-9)14(21)17-12(13(16)20)2-1-5-18/h3-6,8,12H,1-2H2,(H2,16,20)(H,17,21). The van der Waals surface area contributed by atoms with E-state index in [9.17, 15) is 19.2 Å². The molecule has 0 saturated carbocycles. The first-order valence-corrected chi connectivity index (χ1v) is 6.06. The zero-order valence-corrected chi connectivity index (χ0v) is 11.0. The van der Waals surface area contributed by atoms with Gasteiger partial charge in [-0.05, 0) is 24.6 Å². The predicted octanol–water partition coefficient (Wildman–Crippen LogP) is -0.0664. The van der Waals surface area contributed by atoms with E-state index in [4.69, 9.17) is 11.0 Å². The lowest BCUT2D eigenvalue weighted by Crippen LogP contribution is -2.44. The van der Waals surface area contributed by atoms with Gasteiger partial charge in [0, 0.05) is 12.0 Å². The molecule has 1 aromatic carbocycles. The largest absolute Gasteiger partial charge is 0.368 e. The number of carbonyl (C=O) groups excluding carboxylic acids is 4. The lowest BCUT2D eigenvalue weighted by molar-refractivity contribution is -0.120. The van der Waals surface area contributed by atoms with Gasteiger partial charge in [0.1, 0.15) is 12.3 Å². The summed E-state index contributed by atoms with van der Waals surface area (Å²) in [4.78, 5) is 44.6. The number of nitrogens with two attached hydrogens (primary N) is 1. The van der Waals surface area contributed by atoms with Gasteiger partial charge in [0.05, 0.1) is 17.2 Å². The summed E-state index contributed by atoms with van der Waals surface area (Å²) < 4.78 is 0. The van der Waals surface area contributed by atoms with Crippen molar-refractivity contribution in [2.45, 2.75) is 18.9 Å². The molecular formula is C14H13N3O4. The number of hydrogen-bond donors (Lipinski definition) is 2. The van der Waals surface area contributed by atoms with Crippen LogP contribution in [0.1, 0.15) is 39.1 Å². The fourth-order valence-corrected chi connectivity index (χ4v) is 1.68. The summed E-state index contributed by atoms with van der Waals surface area (Å²) in [5, 5.41) is 11.2. The molecule has 7 nitrogen and oxygen atoms in total. The Morgan fingerprint density at radius 2 is 2.10 bits per heavy atom. The average Bonchev–Trinajstić information content (AvgIpc) is 2.50. The van der Waals surface area contributed by atoms with Gasteiger partial charge in [-0.15, -0.1) is 0 Å². The number of benzene rings is 1. The molecule has 0 heterocycles. The van der Waals surface area contributed by atoms with Crippen LogP contribution in [0.4, 0.5) is 0 Å². The third kappa shape index (κ3) is 4.24. The van der Waals surface area contributed by atoms with Gasteiger partial charge < -0.3 is 15.8 Å². The highest BCUT2D eigenvalue weighted by molar-refractivity contribution is 6.03. The van der Waals surface area contributed by atoms with E-state index in [1.54, 1.807) is 0 Å². The number of carbonyl (C=O) groups is 4. The normalized spacial score (nSPS) is 11.0. The van der Waals surface area contributed by atoms with Crippen LogP contribution in [0.3, 0.4) is 0 Å². The lowest BCUT2D eigenvalue weighted by atomic mass is 10.0. The molecule has 1 atom stereocenters. The van der Waals surface area contributed by atoms with E-state index < -0.39 is 17.9 Å². The number of aldehydes is 2. The Morgan fingerprint density at radius 1 is 1.38 bits per heavy atom. The fraction of sp³-hybridized carbons (Fsp3) is 0.214. The summed E-state index contributed by atoms with van der Waals surface area (Å²) in [5.74, 6) is -1.49. The van der Waals surface area contributed by atoms with E-state index in [0.29, 0.717) is 12.6 Å². The number of nitriles is 1. The predicted molar refractivity (Wildman–Crippen MR) is 72.3 cm³/mol. The molecule has 21 heavy (non-hydrogen) atoms. The molecule has 2 amide bonds. The third-order valence-electron chi connectivity index (χ3n) is 2.78. The molecule has 3 N–H and O–H groups in total. The van der Waals surface area contributed by atoms with E-state index in [-0.39, 0.29) is 29.5 Å². The Bertz CT molecular complexity index is 619. The maximum Gasteiger partial charge on any atom is 0.252 e. The van der Waals surface area contributed by atoms with Crippen molar-refractivity contribution in [2.24, 2.45) is 5.73 Å². The Labute approximate surface area is 120 Å². The minimum absolute atomic E-state index is 0.0265. The molecule has 0 radical (unpaired) electrons. The zero-order chi connectivity index (χ0) is 15.8. The first-order valence-electron chi connectivity index (χ1n) is 6.06. The minimum atomic E-state index is -1.02. The molecule has 0 aromatic heterocycles. The molecule has 0 fully saturated rings. The number of amides is 2. The van der Waals surface area contributed by atoms with Crippen LogP contribution in [0, 0.1) is 11.3 Å². The zero-order valence-electron chi connectivity index (χ0n) is 11.0. The first kappa shape index (κ1) is 16.0. The second-order valence-corrected chi connectivity index (χ2v) is 4.20. The molecule has 7 heteroatoms. The fourth-order valence-electron chi connectivity index (χ4n) is 1.68. The summed E-state index contributed by atoms with van der Waals surface area (Å²) in [7, 11) is 0. The molecule has 0 aliphatic rings. The Kier molecular flexibility index (Phi) is 5.77. The van der Waals surface area contributed by atoms with Crippen LogP contribution in [0.25, 0.3) is 0 Å². The molecule has 0 saturated heterocycles. The summed E-state index contributed by atoms with van der Waals surface area (Å²) in [6.45, 7) is 0. The van der Waals surface area contributed by atoms with Crippen molar-refractivity contribution in [3.63, 3.8) is 0 Å². The Balaban J connectivity index is 3.01. The highest BCUT2D eigenvalue weighted by Gasteiger charge is 2.20. The van der Waals surface area contributed by atoms with Gasteiger partial charge >= 0.3 is 0 Å². The Morgan fingerprint density at radius 3 is 2.62 bits per heavy atom. The van der Waals surface area contributed by atoms with Gasteiger partial charge in [-0.1, -0.05) is 0 Å². The molecule has 1 aromatic rings. The molecule has 0 bridgehead atoms. The highest BCUT2D eigenvalue weighted by Crippen LogP contribution is 2.11. The van der Waals surface area contributed by atoms with E-state index in [1.807, 2.05) is 6.07 Å². The minimum Gasteiger partial charge on any atom is -0.368 e. The van der Waals surface area contributed by atoms with Crippen LogP contribution < -0.4 is 11.1 Å². The SMILES string of the molecule is N#Cc1ccc(C=O)c(C(=O)NC(CCC=O)C(N)=O)c1. The first-order chi connectivity index (χ1) is 10.0. The summed E-state index contributed by atoms with van der Waals surface area (Å²) in [6.07, 6.45) is 1.21. The number of nitrogens with one attached hydrogen (secondary N) is 1. The number of hydrogen-bond acceptors (Lipinski definition) is 5. The average molecular weight is 287 g/mol. The van der Waals surface area contributed by atoms with Crippen LogP contribution in [-0.2, 0) is 9.59 Å². The van der Waals surface area contributed by atoms with Crippen molar-refractivity contribution >= 4 is 24.4 Å². The van der Waals surface area contributed by atoms with Crippen LogP contribution in [-0.4, -0.2) is 30.4 Å². The Hall–Kier alpha value is -3.01. The number of nitrogens with zero attached hydrogens (tertiary/aromatic N) is 1. The topological polar surface area (TPSA) is 130 Å². The van der Waals surface area contributed by atoms with Gasteiger partial charge in [0.25, 0.3) is 5.91 Å². The van der Waals surface area contributed by atoms with Crippen molar-refractivity contribution in [2.75, 3.05) is 0 Å². The molecule has 1 rings (SSSR count). The molecule has 0 aliphatic heterocycles. The van der Waals surface area contributed by atoms with Crippen LogP contribution in [0.15, 0.2) is 18.2 Å². The second kappa shape index (κ2) is 7.55. The van der Waals surface area contributed by atoms with Gasteiger partial charge in [0.15, 0.2) is 6.29 Å². The molecular weight excluding hydrogens is 274 g/mol. The van der Waals surface area contributed by atoms with Crippen LogP contribution >= 0.6 is 0 Å². The van der Waals surface area contributed by atoms with Crippen molar-refractivity contribution in [3.8, 4) is 6.07 Å². The van der Waals surface area contributed by atoms with Gasteiger partial charge in [-0.3, -0.25) is 14.4 Å². The van der Waals surface area contributed by atoms with Crippen LogP contribution in [0.2, 0.25) is 0 Å². The monoisotopic (exact) mass is 287 g/mol. The van der Waals surface area contributed by atoms with Crippen molar-refractivity contribution in [1.82, 2.24) is 5.32 Å². The van der Waals surface area contributed by atoms with Gasteiger partial charge in [0.2, 0.25) is 5.91 Å². The number of rotatable bonds is 7.